The second kappa shape index (κ2) is 7.69. The van der Waals surface area contributed by atoms with Crippen molar-refractivity contribution in [3.63, 3.8) is 0 Å². The summed E-state index contributed by atoms with van der Waals surface area (Å²) in [6.07, 6.45) is -4.80. The molecule has 3 aromatic rings. The Morgan fingerprint density at radius 3 is 2.52 bits per heavy atom. The molecule has 1 atom stereocenters. The number of halogens is 3. The largest absolute Gasteiger partial charge is 0.438 e. The van der Waals surface area contributed by atoms with Gasteiger partial charge in [-0.15, -0.1) is 0 Å². The fourth-order valence-electron chi connectivity index (χ4n) is 3.22. The van der Waals surface area contributed by atoms with E-state index >= 15 is 0 Å². The summed E-state index contributed by atoms with van der Waals surface area (Å²) < 4.78 is 41.1. The van der Waals surface area contributed by atoms with Crippen LogP contribution in [0, 0.1) is 13.8 Å². The number of hydrogen-bond donors (Lipinski definition) is 1. The quantitative estimate of drug-likeness (QED) is 0.691. The van der Waals surface area contributed by atoms with E-state index in [1.165, 1.54) is 18.2 Å². The van der Waals surface area contributed by atoms with Crippen LogP contribution >= 0.6 is 0 Å². The van der Waals surface area contributed by atoms with Crippen LogP contribution in [-0.2, 0) is 11.0 Å². The van der Waals surface area contributed by atoms with Crippen molar-refractivity contribution in [1.29, 1.82) is 0 Å². The third kappa shape index (κ3) is 4.01. The zero-order chi connectivity index (χ0) is 21.3. The Hall–Kier alpha value is -3.16. The zero-order valence-electron chi connectivity index (χ0n) is 16.2. The fourth-order valence-corrected chi connectivity index (χ4v) is 3.22. The second-order valence-corrected chi connectivity index (χ2v) is 6.85. The van der Waals surface area contributed by atoms with Crippen LogP contribution in [0.5, 0.6) is 0 Å². The van der Waals surface area contributed by atoms with Crippen LogP contribution < -0.4 is 10.9 Å². The van der Waals surface area contributed by atoms with Gasteiger partial charge in [0.15, 0.2) is 0 Å². The van der Waals surface area contributed by atoms with Crippen LogP contribution in [0.15, 0.2) is 47.3 Å². The molecule has 152 valence electrons. The van der Waals surface area contributed by atoms with Gasteiger partial charge in [-0.05, 0) is 49.6 Å². The van der Waals surface area contributed by atoms with Gasteiger partial charge in [0, 0.05) is 5.69 Å². The molecule has 0 aliphatic heterocycles. The SMILES string of the molecule is CC[C@@H](C(=O)Nc1cc(C)ccc1C)n1c(=O)c(C(F)(F)F)nc2ccccc21. The average Bonchev–Trinajstić information content (AvgIpc) is 2.65. The Morgan fingerprint density at radius 1 is 1.17 bits per heavy atom. The Bertz CT molecular complexity index is 1140. The van der Waals surface area contributed by atoms with Crippen molar-refractivity contribution in [2.45, 2.75) is 39.4 Å². The highest BCUT2D eigenvalue weighted by Gasteiger charge is 2.38. The molecular weight excluding hydrogens is 383 g/mol. The number of carbonyl (C=O) groups excluding carboxylic acids is 1. The van der Waals surface area contributed by atoms with Gasteiger partial charge in [-0.25, -0.2) is 4.98 Å². The van der Waals surface area contributed by atoms with Gasteiger partial charge in [-0.2, -0.15) is 13.2 Å². The third-order valence-electron chi connectivity index (χ3n) is 4.72. The molecule has 0 fully saturated rings. The summed E-state index contributed by atoms with van der Waals surface area (Å²) in [6.45, 7) is 5.32. The van der Waals surface area contributed by atoms with Gasteiger partial charge in [-0.3, -0.25) is 14.2 Å². The van der Waals surface area contributed by atoms with Crippen LogP contribution in [0.4, 0.5) is 18.9 Å². The van der Waals surface area contributed by atoms with Gasteiger partial charge >= 0.3 is 6.18 Å². The van der Waals surface area contributed by atoms with Crippen molar-refractivity contribution < 1.29 is 18.0 Å². The zero-order valence-corrected chi connectivity index (χ0v) is 16.2. The van der Waals surface area contributed by atoms with Gasteiger partial charge in [0.2, 0.25) is 11.6 Å². The van der Waals surface area contributed by atoms with Crippen LogP contribution in [0.3, 0.4) is 0 Å². The highest BCUT2D eigenvalue weighted by atomic mass is 19.4. The number of alkyl halides is 3. The molecule has 0 bridgehead atoms. The number of amides is 1. The maximum atomic E-state index is 13.4. The number of para-hydroxylation sites is 2. The van der Waals surface area contributed by atoms with Gasteiger partial charge in [0.05, 0.1) is 11.0 Å². The number of benzene rings is 2. The van der Waals surface area contributed by atoms with Crippen LogP contribution in [0.2, 0.25) is 0 Å². The highest BCUT2D eigenvalue weighted by molar-refractivity contribution is 5.95. The number of nitrogens with zero attached hydrogens (tertiary/aromatic N) is 2. The van der Waals surface area contributed by atoms with Crippen molar-refractivity contribution in [3.8, 4) is 0 Å². The van der Waals surface area contributed by atoms with E-state index in [1.54, 1.807) is 19.1 Å². The standard InChI is InChI=1S/C21H20F3N3O2/c1-4-16(19(28)26-15-11-12(2)9-10-13(15)3)27-17-8-6-5-7-14(17)25-18(20(27)29)21(22,23)24/h5-11,16H,4H2,1-3H3,(H,26,28)/t16-/m0/s1. The van der Waals surface area contributed by atoms with Crippen LogP contribution in [0.25, 0.3) is 11.0 Å². The first kappa shape index (κ1) is 20.6. The van der Waals surface area contributed by atoms with Gasteiger partial charge in [0.1, 0.15) is 6.04 Å². The second-order valence-electron chi connectivity index (χ2n) is 6.85. The summed E-state index contributed by atoms with van der Waals surface area (Å²) in [5.74, 6) is -0.562. The minimum absolute atomic E-state index is 0.00240. The molecule has 1 N–H and O–H groups in total. The normalized spacial score (nSPS) is 12.8. The molecule has 3 rings (SSSR count). The van der Waals surface area contributed by atoms with E-state index in [1.807, 2.05) is 26.0 Å². The van der Waals surface area contributed by atoms with E-state index in [4.69, 9.17) is 0 Å². The number of hydrogen-bond acceptors (Lipinski definition) is 3. The number of aryl methyl sites for hydroxylation is 2. The summed E-state index contributed by atoms with van der Waals surface area (Å²) in [5, 5.41) is 2.75. The lowest BCUT2D eigenvalue weighted by molar-refractivity contribution is -0.142. The lowest BCUT2D eigenvalue weighted by Crippen LogP contribution is -2.37. The monoisotopic (exact) mass is 403 g/mol. The molecule has 0 saturated heterocycles. The first-order valence-electron chi connectivity index (χ1n) is 9.10. The van der Waals surface area contributed by atoms with E-state index in [2.05, 4.69) is 10.3 Å². The molecular formula is C21H20F3N3O2. The molecule has 1 aromatic heterocycles. The fraction of sp³-hybridized carbons (Fsp3) is 0.286. The number of carbonyl (C=O) groups is 1. The summed E-state index contributed by atoms with van der Waals surface area (Å²) in [5.41, 5.74) is -0.415. The number of rotatable bonds is 4. The van der Waals surface area contributed by atoms with E-state index < -0.39 is 29.4 Å². The molecule has 0 aliphatic rings. The van der Waals surface area contributed by atoms with Crippen LogP contribution in [0.1, 0.15) is 36.2 Å². The Morgan fingerprint density at radius 2 is 1.86 bits per heavy atom. The maximum absolute atomic E-state index is 13.4. The number of nitrogens with one attached hydrogen (secondary N) is 1. The van der Waals surface area contributed by atoms with E-state index in [-0.39, 0.29) is 17.5 Å². The smallest absolute Gasteiger partial charge is 0.324 e. The molecule has 0 saturated carbocycles. The molecule has 8 heteroatoms. The number of anilines is 1. The Labute approximate surface area is 165 Å². The van der Waals surface area contributed by atoms with Gasteiger partial charge in [0.25, 0.3) is 5.56 Å². The van der Waals surface area contributed by atoms with Crippen LogP contribution in [-0.4, -0.2) is 15.5 Å². The molecule has 29 heavy (non-hydrogen) atoms. The minimum atomic E-state index is -4.93. The molecule has 1 amide bonds. The number of fused-ring (bicyclic) bond motifs is 1. The predicted octanol–water partition coefficient (Wildman–Crippen LogP) is 4.62. The predicted molar refractivity (Wildman–Crippen MR) is 105 cm³/mol. The Balaban J connectivity index is 2.16. The van der Waals surface area contributed by atoms with E-state index in [0.29, 0.717) is 5.69 Å². The first-order chi connectivity index (χ1) is 13.6. The summed E-state index contributed by atoms with van der Waals surface area (Å²) in [4.78, 5) is 29.2. The van der Waals surface area contributed by atoms with Crippen molar-refractivity contribution in [1.82, 2.24) is 9.55 Å². The van der Waals surface area contributed by atoms with E-state index in [9.17, 15) is 22.8 Å². The van der Waals surface area contributed by atoms with Crippen molar-refractivity contribution in [3.05, 3.63) is 69.6 Å². The van der Waals surface area contributed by atoms with Gasteiger partial charge < -0.3 is 5.32 Å². The topological polar surface area (TPSA) is 64.0 Å². The summed E-state index contributed by atoms with van der Waals surface area (Å²) in [6, 6.07) is 10.4. The third-order valence-corrected chi connectivity index (χ3v) is 4.72. The number of aromatic nitrogens is 2. The maximum Gasteiger partial charge on any atom is 0.438 e. The van der Waals surface area contributed by atoms with E-state index in [0.717, 1.165) is 15.7 Å². The molecule has 0 radical (unpaired) electrons. The molecule has 0 spiro atoms. The molecule has 2 aromatic carbocycles. The van der Waals surface area contributed by atoms with Crippen molar-refractivity contribution in [2.24, 2.45) is 0 Å². The summed E-state index contributed by atoms with van der Waals surface area (Å²) >= 11 is 0. The van der Waals surface area contributed by atoms with Crippen molar-refractivity contribution in [2.75, 3.05) is 5.32 Å². The molecule has 5 nitrogen and oxygen atoms in total. The molecule has 1 heterocycles. The lowest BCUT2D eigenvalue weighted by atomic mass is 10.1. The van der Waals surface area contributed by atoms with Gasteiger partial charge in [-0.1, -0.05) is 31.2 Å². The average molecular weight is 403 g/mol. The molecule has 0 aliphatic carbocycles. The summed E-state index contributed by atoms with van der Waals surface area (Å²) in [7, 11) is 0. The Kier molecular flexibility index (Phi) is 5.46. The first-order valence-corrected chi connectivity index (χ1v) is 9.10. The molecule has 0 unspecified atom stereocenters. The highest BCUT2D eigenvalue weighted by Crippen LogP contribution is 2.28. The van der Waals surface area contributed by atoms with Crippen molar-refractivity contribution >= 4 is 22.6 Å². The minimum Gasteiger partial charge on any atom is -0.324 e. The lowest BCUT2D eigenvalue weighted by Gasteiger charge is -2.22.